The second kappa shape index (κ2) is 7.01. The largest absolute Gasteiger partial charge is 0.385 e. The predicted octanol–water partition coefficient (Wildman–Crippen LogP) is 3.17. The molecule has 0 spiro atoms. The predicted molar refractivity (Wildman–Crippen MR) is 106 cm³/mol. The highest BCUT2D eigenvalue weighted by molar-refractivity contribution is 5.94. The normalized spacial score (nSPS) is 24.1. The number of hydrogen-bond donors (Lipinski definition) is 2. The molecule has 0 bridgehead atoms. The Labute approximate surface area is 165 Å². The summed E-state index contributed by atoms with van der Waals surface area (Å²) in [5.74, 6) is -0.0539. The average molecular weight is 383 g/mol. The van der Waals surface area contributed by atoms with E-state index in [9.17, 15) is 9.90 Å². The second-order valence-corrected chi connectivity index (χ2v) is 8.33. The Bertz CT molecular complexity index is 896. The molecule has 2 N–H and O–H groups in total. The number of aliphatic hydroxyl groups is 1. The molecule has 28 heavy (non-hydrogen) atoms. The Balaban J connectivity index is 1.52. The first-order chi connectivity index (χ1) is 13.3. The van der Waals surface area contributed by atoms with E-state index in [1.54, 1.807) is 0 Å². The van der Waals surface area contributed by atoms with Gasteiger partial charge in [-0.25, -0.2) is 0 Å². The summed E-state index contributed by atoms with van der Waals surface area (Å²) in [6.07, 6.45) is 1.75. The van der Waals surface area contributed by atoms with Gasteiger partial charge in [-0.05, 0) is 57.2 Å². The monoisotopic (exact) mass is 383 g/mol. The molecular formula is C22H29N3O3. The zero-order valence-corrected chi connectivity index (χ0v) is 17.1. The summed E-state index contributed by atoms with van der Waals surface area (Å²) >= 11 is 0. The average Bonchev–Trinajstić information content (AvgIpc) is 3.08. The van der Waals surface area contributed by atoms with Gasteiger partial charge in [0.2, 0.25) is 0 Å². The molecule has 4 rings (SSSR count). The Hall–Kier alpha value is -2.18. The number of H-pyrrole nitrogens is 1. The Morgan fingerprint density at radius 2 is 2.00 bits per heavy atom. The van der Waals surface area contributed by atoms with Gasteiger partial charge < -0.3 is 14.7 Å². The zero-order valence-electron chi connectivity index (χ0n) is 17.1. The van der Waals surface area contributed by atoms with Gasteiger partial charge in [-0.15, -0.1) is 0 Å². The highest BCUT2D eigenvalue weighted by Crippen LogP contribution is 2.36. The SMILES string of the molecule is Cc1cccc(C2(O)CCN(C(=O)c3n[nH]c4c3C[C@@H](C)O[C@H]4C)CC2)c1C. The van der Waals surface area contributed by atoms with Gasteiger partial charge >= 0.3 is 0 Å². The van der Waals surface area contributed by atoms with E-state index in [-0.39, 0.29) is 18.1 Å². The van der Waals surface area contributed by atoms with Crippen molar-refractivity contribution in [3.8, 4) is 0 Å². The summed E-state index contributed by atoms with van der Waals surface area (Å²) in [5, 5.41) is 18.6. The zero-order chi connectivity index (χ0) is 20.1. The van der Waals surface area contributed by atoms with Gasteiger partial charge in [-0.2, -0.15) is 5.10 Å². The third-order valence-corrected chi connectivity index (χ3v) is 6.42. The second-order valence-electron chi connectivity index (χ2n) is 8.33. The molecule has 2 aromatic rings. The summed E-state index contributed by atoms with van der Waals surface area (Å²) in [6, 6.07) is 6.06. The molecule has 0 aliphatic carbocycles. The fourth-order valence-electron chi connectivity index (χ4n) is 4.60. The quantitative estimate of drug-likeness (QED) is 0.835. The van der Waals surface area contributed by atoms with Crippen LogP contribution in [-0.4, -0.2) is 45.3 Å². The molecule has 1 saturated heterocycles. The molecule has 0 radical (unpaired) electrons. The van der Waals surface area contributed by atoms with Crippen LogP contribution in [0.25, 0.3) is 0 Å². The van der Waals surface area contributed by atoms with Crippen molar-refractivity contribution in [1.82, 2.24) is 15.1 Å². The number of likely N-dealkylation sites (tertiary alicyclic amines) is 1. The number of nitrogens with zero attached hydrogens (tertiary/aromatic N) is 2. The van der Waals surface area contributed by atoms with Crippen molar-refractivity contribution in [2.75, 3.05) is 13.1 Å². The summed E-state index contributed by atoms with van der Waals surface area (Å²) < 4.78 is 5.82. The number of carbonyl (C=O) groups excluding carboxylic acids is 1. The molecule has 1 amide bonds. The highest BCUT2D eigenvalue weighted by Gasteiger charge is 2.38. The summed E-state index contributed by atoms with van der Waals surface area (Å²) in [5.41, 5.74) is 4.81. The molecule has 0 unspecified atom stereocenters. The number of carbonyl (C=O) groups is 1. The van der Waals surface area contributed by atoms with E-state index in [0.29, 0.717) is 38.0 Å². The van der Waals surface area contributed by atoms with E-state index in [1.807, 2.05) is 30.9 Å². The number of aryl methyl sites for hydroxylation is 1. The van der Waals surface area contributed by atoms with Crippen molar-refractivity contribution < 1.29 is 14.6 Å². The molecule has 6 heteroatoms. The molecule has 1 aromatic carbocycles. The van der Waals surface area contributed by atoms with Crippen LogP contribution < -0.4 is 0 Å². The van der Waals surface area contributed by atoms with Gasteiger partial charge in [0, 0.05) is 25.1 Å². The molecule has 1 aromatic heterocycles. The number of hydrogen-bond acceptors (Lipinski definition) is 4. The number of ether oxygens (including phenoxy) is 1. The van der Waals surface area contributed by atoms with Crippen molar-refractivity contribution in [2.45, 2.75) is 64.8 Å². The van der Waals surface area contributed by atoms with Crippen LogP contribution in [0.2, 0.25) is 0 Å². The maximum atomic E-state index is 13.1. The number of nitrogens with one attached hydrogen (secondary N) is 1. The third-order valence-electron chi connectivity index (χ3n) is 6.42. The van der Waals surface area contributed by atoms with E-state index in [0.717, 1.165) is 22.4 Å². The van der Waals surface area contributed by atoms with Gasteiger partial charge in [0.25, 0.3) is 5.91 Å². The highest BCUT2D eigenvalue weighted by atomic mass is 16.5. The van der Waals surface area contributed by atoms with Crippen molar-refractivity contribution in [2.24, 2.45) is 0 Å². The molecular weight excluding hydrogens is 354 g/mol. The number of rotatable bonds is 2. The van der Waals surface area contributed by atoms with Gasteiger partial charge in [0.05, 0.1) is 23.5 Å². The van der Waals surface area contributed by atoms with Gasteiger partial charge in [0.1, 0.15) is 0 Å². The molecule has 6 nitrogen and oxygen atoms in total. The maximum absolute atomic E-state index is 13.1. The van der Waals surface area contributed by atoms with Crippen LogP contribution in [0.5, 0.6) is 0 Å². The van der Waals surface area contributed by atoms with Gasteiger partial charge in [-0.3, -0.25) is 9.89 Å². The number of piperidine rings is 1. The first-order valence-corrected chi connectivity index (χ1v) is 10.1. The molecule has 2 atom stereocenters. The van der Waals surface area contributed by atoms with Crippen LogP contribution in [0.3, 0.4) is 0 Å². The van der Waals surface area contributed by atoms with Crippen LogP contribution in [0.15, 0.2) is 18.2 Å². The van der Waals surface area contributed by atoms with Crippen molar-refractivity contribution in [1.29, 1.82) is 0 Å². The summed E-state index contributed by atoms with van der Waals surface area (Å²) in [6.45, 7) is 9.16. The lowest BCUT2D eigenvalue weighted by molar-refractivity contribution is -0.0218. The number of aromatic nitrogens is 2. The maximum Gasteiger partial charge on any atom is 0.274 e. The minimum atomic E-state index is -0.880. The first kappa shape index (κ1) is 19.2. The topological polar surface area (TPSA) is 78.5 Å². The standard InChI is InChI=1S/C22H29N3O3/c1-13-6-5-7-18(15(13)3)22(27)8-10-25(11-9-22)21(26)20-17-12-14(2)28-16(4)19(17)23-24-20/h5-7,14,16,27H,8-12H2,1-4H3,(H,23,24)/t14-,16+/m1/s1. The third kappa shape index (κ3) is 3.14. The van der Waals surface area contributed by atoms with Crippen LogP contribution >= 0.6 is 0 Å². The number of benzene rings is 1. The minimum Gasteiger partial charge on any atom is -0.385 e. The Morgan fingerprint density at radius 3 is 2.71 bits per heavy atom. The molecule has 3 heterocycles. The van der Waals surface area contributed by atoms with E-state index >= 15 is 0 Å². The lowest BCUT2D eigenvalue weighted by Gasteiger charge is -2.39. The summed E-state index contributed by atoms with van der Waals surface area (Å²) in [4.78, 5) is 15.0. The fourth-order valence-corrected chi connectivity index (χ4v) is 4.60. The van der Waals surface area contributed by atoms with Gasteiger partial charge in [-0.1, -0.05) is 18.2 Å². The van der Waals surface area contributed by atoms with E-state index in [2.05, 4.69) is 30.1 Å². The van der Waals surface area contributed by atoms with Crippen LogP contribution in [0.4, 0.5) is 0 Å². The van der Waals surface area contributed by atoms with E-state index in [4.69, 9.17) is 4.74 Å². The summed E-state index contributed by atoms with van der Waals surface area (Å²) in [7, 11) is 0. The van der Waals surface area contributed by atoms with Crippen molar-refractivity contribution in [3.63, 3.8) is 0 Å². The van der Waals surface area contributed by atoms with Crippen molar-refractivity contribution in [3.05, 3.63) is 51.8 Å². The van der Waals surface area contributed by atoms with Crippen LogP contribution in [-0.2, 0) is 16.8 Å². The lowest BCUT2D eigenvalue weighted by Crippen LogP contribution is -2.46. The Kier molecular flexibility index (Phi) is 4.79. The number of aromatic amines is 1. The van der Waals surface area contributed by atoms with Gasteiger partial charge in [0.15, 0.2) is 5.69 Å². The fraction of sp³-hybridized carbons (Fsp3) is 0.545. The smallest absolute Gasteiger partial charge is 0.274 e. The van der Waals surface area contributed by atoms with Crippen LogP contribution in [0.1, 0.15) is 71.2 Å². The van der Waals surface area contributed by atoms with Crippen LogP contribution in [0, 0.1) is 13.8 Å². The van der Waals surface area contributed by atoms with Crippen molar-refractivity contribution >= 4 is 5.91 Å². The van der Waals surface area contributed by atoms with E-state index in [1.165, 1.54) is 5.56 Å². The molecule has 2 aliphatic heterocycles. The first-order valence-electron chi connectivity index (χ1n) is 10.1. The minimum absolute atomic E-state index is 0.0539. The number of fused-ring (bicyclic) bond motifs is 1. The Morgan fingerprint density at radius 1 is 1.29 bits per heavy atom. The molecule has 1 fully saturated rings. The molecule has 150 valence electrons. The van der Waals surface area contributed by atoms with E-state index < -0.39 is 5.60 Å². The molecule has 0 saturated carbocycles. The lowest BCUT2D eigenvalue weighted by atomic mass is 9.81. The molecule has 2 aliphatic rings. The number of amides is 1.